The number of nitrogens with one attached hydrogen (secondary N) is 1. The quantitative estimate of drug-likeness (QED) is 0.793. The van der Waals surface area contributed by atoms with Gasteiger partial charge in [-0.05, 0) is 60.7 Å². The zero-order chi connectivity index (χ0) is 17.2. The first-order valence-corrected chi connectivity index (χ1v) is 9.17. The third-order valence-electron chi connectivity index (χ3n) is 3.57. The Morgan fingerprint density at radius 2 is 1.50 bits per heavy atom. The minimum absolute atomic E-state index is 0.219. The third kappa shape index (κ3) is 3.55. The molecule has 0 radical (unpaired) electrons. The van der Waals surface area contributed by atoms with Crippen LogP contribution < -0.4 is 5.32 Å². The number of nitrogens with zero attached hydrogens (tertiary/aromatic N) is 1. The molecular weight excluding hydrogens is 324 g/mol. The van der Waals surface area contributed by atoms with E-state index in [1.165, 1.54) is 12.1 Å². The SMILES string of the molecule is CS(=O)(=O)c1ccc(NC(=O)c2ccc(-n3cccc3)cc2)cc1. The van der Waals surface area contributed by atoms with Crippen LogP contribution >= 0.6 is 0 Å². The highest BCUT2D eigenvalue weighted by molar-refractivity contribution is 7.90. The van der Waals surface area contributed by atoms with E-state index in [1.807, 2.05) is 41.2 Å². The van der Waals surface area contributed by atoms with E-state index in [-0.39, 0.29) is 10.8 Å². The number of hydrogen-bond acceptors (Lipinski definition) is 3. The molecule has 0 fully saturated rings. The van der Waals surface area contributed by atoms with Crippen LogP contribution in [0.15, 0.2) is 78.0 Å². The van der Waals surface area contributed by atoms with Crippen molar-refractivity contribution in [1.29, 1.82) is 0 Å². The topological polar surface area (TPSA) is 68.2 Å². The summed E-state index contributed by atoms with van der Waals surface area (Å²) in [4.78, 5) is 12.5. The lowest BCUT2D eigenvalue weighted by Gasteiger charge is -2.07. The summed E-state index contributed by atoms with van der Waals surface area (Å²) in [6, 6.07) is 17.2. The Hall–Kier alpha value is -2.86. The average Bonchev–Trinajstić information content (AvgIpc) is 3.09. The summed E-state index contributed by atoms with van der Waals surface area (Å²) < 4.78 is 24.8. The van der Waals surface area contributed by atoms with Gasteiger partial charge in [-0.3, -0.25) is 4.79 Å². The standard InChI is InChI=1S/C18H16N2O3S/c1-24(22,23)17-10-6-15(7-11-17)19-18(21)14-4-8-16(9-5-14)20-12-2-3-13-20/h2-13H,1H3,(H,19,21). The highest BCUT2D eigenvalue weighted by Crippen LogP contribution is 2.16. The van der Waals surface area contributed by atoms with Crippen LogP contribution in [0.3, 0.4) is 0 Å². The Kier molecular flexibility index (Phi) is 4.22. The van der Waals surface area contributed by atoms with Crippen molar-refractivity contribution < 1.29 is 13.2 Å². The van der Waals surface area contributed by atoms with Gasteiger partial charge in [0.1, 0.15) is 0 Å². The van der Waals surface area contributed by atoms with E-state index in [1.54, 1.807) is 24.3 Å². The molecule has 0 spiro atoms. The first kappa shape index (κ1) is 16.0. The van der Waals surface area contributed by atoms with Gasteiger partial charge in [0.05, 0.1) is 4.90 Å². The number of carbonyl (C=O) groups is 1. The largest absolute Gasteiger partial charge is 0.324 e. The van der Waals surface area contributed by atoms with Gasteiger partial charge in [0.2, 0.25) is 0 Å². The zero-order valence-electron chi connectivity index (χ0n) is 13.0. The molecule has 1 N–H and O–H groups in total. The van der Waals surface area contributed by atoms with Crippen LogP contribution in [0.25, 0.3) is 5.69 Å². The summed E-state index contributed by atoms with van der Waals surface area (Å²) in [5.74, 6) is -0.249. The zero-order valence-corrected chi connectivity index (χ0v) is 13.8. The van der Waals surface area contributed by atoms with Gasteiger partial charge in [0, 0.05) is 35.6 Å². The molecule has 6 heteroatoms. The monoisotopic (exact) mass is 340 g/mol. The van der Waals surface area contributed by atoms with Gasteiger partial charge in [0.25, 0.3) is 5.91 Å². The number of hydrogen-bond donors (Lipinski definition) is 1. The maximum Gasteiger partial charge on any atom is 0.255 e. The summed E-state index contributed by atoms with van der Waals surface area (Å²) in [6.45, 7) is 0. The molecule has 0 aliphatic heterocycles. The van der Waals surface area contributed by atoms with Crippen molar-refractivity contribution in [3.8, 4) is 5.69 Å². The molecule has 24 heavy (non-hydrogen) atoms. The molecule has 0 aliphatic rings. The minimum Gasteiger partial charge on any atom is -0.324 e. The molecule has 0 atom stereocenters. The fraction of sp³-hybridized carbons (Fsp3) is 0.0556. The maximum absolute atomic E-state index is 12.3. The summed E-state index contributed by atoms with van der Waals surface area (Å²) >= 11 is 0. The maximum atomic E-state index is 12.3. The van der Waals surface area contributed by atoms with Crippen molar-refractivity contribution in [2.45, 2.75) is 4.90 Å². The van der Waals surface area contributed by atoms with Crippen LogP contribution in [-0.2, 0) is 9.84 Å². The first-order valence-electron chi connectivity index (χ1n) is 7.28. The number of sulfone groups is 1. The molecule has 0 saturated heterocycles. The number of aromatic nitrogens is 1. The number of amides is 1. The second-order valence-corrected chi connectivity index (χ2v) is 7.40. The predicted octanol–water partition coefficient (Wildman–Crippen LogP) is 3.13. The molecule has 5 nitrogen and oxygen atoms in total. The van der Waals surface area contributed by atoms with Crippen molar-refractivity contribution >= 4 is 21.4 Å². The summed E-state index contributed by atoms with van der Waals surface area (Å²) in [5, 5.41) is 2.75. The molecule has 0 aliphatic carbocycles. The van der Waals surface area contributed by atoms with E-state index >= 15 is 0 Å². The molecule has 1 amide bonds. The molecule has 3 rings (SSSR count). The van der Waals surface area contributed by atoms with Gasteiger partial charge >= 0.3 is 0 Å². The van der Waals surface area contributed by atoms with Gasteiger partial charge in [-0.25, -0.2) is 8.42 Å². The molecule has 1 aromatic heterocycles. The highest BCUT2D eigenvalue weighted by Gasteiger charge is 2.09. The van der Waals surface area contributed by atoms with Crippen molar-refractivity contribution in [1.82, 2.24) is 4.57 Å². The Balaban J connectivity index is 1.73. The molecular formula is C18H16N2O3S. The molecule has 122 valence electrons. The Morgan fingerprint density at radius 3 is 2.04 bits per heavy atom. The lowest BCUT2D eigenvalue weighted by molar-refractivity contribution is 0.102. The Labute approximate surface area is 140 Å². The molecule has 2 aromatic carbocycles. The Bertz CT molecular complexity index is 943. The number of carbonyl (C=O) groups excluding carboxylic acids is 1. The second-order valence-electron chi connectivity index (χ2n) is 5.39. The minimum atomic E-state index is -3.24. The molecule has 0 bridgehead atoms. The summed E-state index contributed by atoms with van der Waals surface area (Å²) in [5.41, 5.74) is 2.04. The van der Waals surface area contributed by atoms with Gasteiger partial charge in [-0.1, -0.05) is 0 Å². The fourth-order valence-electron chi connectivity index (χ4n) is 2.28. The smallest absolute Gasteiger partial charge is 0.255 e. The number of benzene rings is 2. The van der Waals surface area contributed by atoms with Crippen LogP contribution in [0.2, 0.25) is 0 Å². The van der Waals surface area contributed by atoms with Gasteiger partial charge < -0.3 is 9.88 Å². The van der Waals surface area contributed by atoms with Gasteiger partial charge in [0.15, 0.2) is 9.84 Å². The van der Waals surface area contributed by atoms with E-state index in [4.69, 9.17) is 0 Å². The number of anilines is 1. The third-order valence-corrected chi connectivity index (χ3v) is 4.70. The van der Waals surface area contributed by atoms with E-state index in [0.29, 0.717) is 11.3 Å². The normalized spacial score (nSPS) is 11.2. The summed E-state index contributed by atoms with van der Waals surface area (Å²) in [6.07, 6.45) is 5.00. The Morgan fingerprint density at radius 1 is 0.917 bits per heavy atom. The highest BCUT2D eigenvalue weighted by atomic mass is 32.2. The van der Waals surface area contributed by atoms with E-state index in [9.17, 15) is 13.2 Å². The average molecular weight is 340 g/mol. The molecule has 0 saturated carbocycles. The van der Waals surface area contributed by atoms with Gasteiger partial charge in [-0.15, -0.1) is 0 Å². The van der Waals surface area contributed by atoms with Crippen LogP contribution in [0.4, 0.5) is 5.69 Å². The molecule has 1 heterocycles. The first-order chi connectivity index (χ1) is 11.4. The number of rotatable bonds is 4. The predicted molar refractivity (Wildman–Crippen MR) is 93.3 cm³/mol. The van der Waals surface area contributed by atoms with E-state index < -0.39 is 9.84 Å². The van der Waals surface area contributed by atoms with Crippen LogP contribution in [0.1, 0.15) is 10.4 Å². The van der Waals surface area contributed by atoms with Crippen molar-refractivity contribution in [2.75, 3.05) is 11.6 Å². The molecule has 0 unspecified atom stereocenters. The fourth-order valence-corrected chi connectivity index (χ4v) is 2.91. The second kappa shape index (κ2) is 6.33. The molecule has 3 aromatic rings. The lowest BCUT2D eigenvalue weighted by Crippen LogP contribution is -2.12. The van der Waals surface area contributed by atoms with Crippen molar-refractivity contribution in [3.05, 3.63) is 78.6 Å². The van der Waals surface area contributed by atoms with Crippen LogP contribution in [0, 0.1) is 0 Å². The van der Waals surface area contributed by atoms with E-state index in [2.05, 4.69) is 5.32 Å². The van der Waals surface area contributed by atoms with Crippen LogP contribution in [-0.4, -0.2) is 25.1 Å². The van der Waals surface area contributed by atoms with Gasteiger partial charge in [-0.2, -0.15) is 0 Å². The van der Waals surface area contributed by atoms with E-state index in [0.717, 1.165) is 11.9 Å². The summed E-state index contributed by atoms with van der Waals surface area (Å²) in [7, 11) is -3.24. The van der Waals surface area contributed by atoms with Crippen molar-refractivity contribution in [2.24, 2.45) is 0 Å². The van der Waals surface area contributed by atoms with Crippen LogP contribution in [0.5, 0.6) is 0 Å². The lowest BCUT2D eigenvalue weighted by atomic mass is 10.2. The van der Waals surface area contributed by atoms with Crippen molar-refractivity contribution in [3.63, 3.8) is 0 Å².